The second-order valence-corrected chi connectivity index (χ2v) is 8.83. The number of fused-ring (bicyclic) bond motifs is 1. The van der Waals surface area contributed by atoms with Gasteiger partial charge in [-0.1, -0.05) is 43.7 Å². The minimum Gasteiger partial charge on any atom is -0.339 e. The molecule has 3 aromatic rings. The van der Waals surface area contributed by atoms with Crippen LogP contribution in [-0.2, 0) is 25.4 Å². The molecule has 170 valence electrons. The molecular formula is C23H30N6O3. The molecule has 32 heavy (non-hydrogen) atoms. The van der Waals surface area contributed by atoms with Crippen LogP contribution in [0.25, 0.3) is 11.2 Å². The Kier molecular flexibility index (Phi) is 5.66. The number of carbonyl (C=O) groups excluding carboxylic acids is 1. The van der Waals surface area contributed by atoms with Crippen LogP contribution in [0.2, 0.25) is 0 Å². The fourth-order valence-corrected chi connectivity index (χ4v) is 4.31. The van der Waals surface area contributed by atoms with Crippen molar-refractivity contribution in [1.29, 1.82) is 0 Å². The quantitative estimate of drug-likeness (QED) is 0.609. The molecule has 1 amide bonds. The summed E-state index contributed by atoms with van der Waals surface area (Å²) in [7, 11) is 3.13. The van der Waals surface area contributed by atoms with Crippen LogP contribution in [0.4, 0.5) is 5.95 Å². The molecule has 0 spiro atoms. The lowest BCUT2D eigenvalue weighted by molar-refractivity contribution is -0.134. The third-order valence-electron chi connectivity index (χ3n) is 6.12. The number of aromatic nitrogens is 4. The molecular weight excluding hydrogens is 408 g/mol. The molecule has 9 heteroatoms. The van der Waals surface area contributed by atoms with E-state index in [1.807, 2.05) is 48.4 Å². The first kappa shape index (κ1) is 21.9. The number of nitrogens with zero attached hydrogens (tertiary/aromatic N) is 6. The van der Waals surface area contributed by atoms with E-state index in [4.69, 9.17) is 4.98 Å². The Bertz CT molecular complexity index is 1290. The van der Waals surface area contributed by atoms with Crippen molar-refractivity contribution in [2.75, 3.05) is 31.1 Å². The Morgan fingerprint density at radius 2 is 1.75 bits per heavy atom. The van der Waals surface area contributed by atoms with Gasteiger partial charge in [0.05, 0.1) is 6.54 Å². The van der Waals surface area contributed by atoms with Crippen molar-refractivity contribution in [3.8, 4) is 0 Å². The van der Waals surface area contributed by atoms with E-state index in [-0.39, 0.29) is 17.4 Å². The van der Waals surface area contributed by atoms with Crippen LogP contribution in [0.3, 0.4) is 0 Å². The van der Waals surface area contributed by atoms with Gasteiger partial charge in [-0.25, -0.2) is 4.79 Å². The number of amides is 1. The molecule has 0 bridgehead atoms. The second kappa shape index (κ2) is 8.29. The van der Waals surface area contributed by atoms with Crippen LogP contribution in [0.5, 0.6) is 0 Å². The summed E-state index contributed by atoms with van der Waals surface area (Å²) in [5.74, 6) is 0.760. The second-order valence-electron chi connectivity index (χ2n) is 8.83. The molecule has 0 saturated carbocycles. The van der Waals surface area contributed by atoms with Gasteiger partial charge in [-0.2, -0.15) is 4.98 Å². The summed E-state index contributed by atoms with van der Waals surface area (Å²) < 4.78 is 4.46. The van der Waals surface area contributed by atoms with Crippen molar-refractivity contribution < 1.29 is 4.79 Å². The van der Waals surface area contributed by atoms with Crippen molar-refractivity contribution in [3.05, 3.63) is 56.2 Å². The number of hydrogen-bond donors (Lipinski definition) is 0. The summed E-state index contributed by atoms with van der Waals surface area (Å²) in [5.41, 5.74) is 2.21. The zero-order chi connectivity index (χ0) is 23.2. The van der Waals surface area contributed by atoms with E-state index in [0.717, 1.165) is 15.7 Å². The average Bonchev–Trinajstić information content (AvgIpc) is 3.15. The highest BCUT2D eigenvalue weighted by molar-refractivity contribution is 5.78. The highest BCUT2D eigenvalue weighted by Gasteiger charge is 2.28. The third-order valence-corrected chi connectivity index (χ3v) is 6.12. The van der Waals surface area contributed by atoms with E-state index in [0.29, 0.717) is 49.8 Å². The standard InChI is InChI=1S/C23H30N6O3/c1-15(2)20(30)27-9-11-28(12-10-27)22-24-19-18(21(31)26(5)23(32)25(19)4)29(22)14-17-8-6-7-16(3)13-17/h6-8,13,15H,9-12,14H2,1-5H3. The van der Waals surface area contributed by atoms with Crippen molar-refractivity contribution in [3.63, 3.8) is 0 Å². The maximum atomic E-state index is 13.1. The molecule has 1 aromatic carbocycles. The predicted octanol–water partition coefficient (Wildman–Crippen LogP) is 1.10. The molecule has 3 heterocycles. The zero-order valence-electron chi connectivity index (χ0n) is 19.3. The van der Waals surface area contributed by atoms with Crippen molar-refractivity contribution in [2.45, 2.75) is 27.3 Å². The van der Waals surface area contributed by atoms with Crippen LogP contribution in [0.15, 0.2) is 33.9 Å². The Morgan fingerprint density at radius 1 is 1.06 bits per heavy atom. The number of carbonyl (C=O) groups is 1. The van der Waals surface area contributed by atoms with Crippen LogP contribution in [0, 0.1) is 12.8 Å². The van der Waals surface area contributed by atoms with Crippen molar-refractivity contribution in [1.82, 2.24) is 23.6 Å². The molecule has 4 rings (SSSR count). The molecule has 0 aliphatic carbocycles. The summed E-state index contributed by atoms with van der Waals surface area (Å²) in [4.78, 5) is 46.7. The fourth-order valence-electron chi connectivity index (χ4n) is 4.31. The molecule has 1 saturated heterocycles. The highest BCUT2D eigenvalue weighted by atomic mass is 16.2. The summed E-state index contributed by atoms with van der Waals surface area (Å²) in [5, 5.41) is 0. The van der Waals surface area contributed by atoms with E-state index in [9.17, 15) is 14.4 Å². The number of piperazine rings is 1. The van der Waals surface area contributed by atoms with Gasteiger partial charge in [0.2, 0.25) is 11.9 Å². The Morgan fingerprint density at radius 3 is 2.38 bits per heavy atom. The van der Waals surface area contributed by atoms with Crippen LogP contribution >= 0.6 is 0 Å². The zero-order valence-corrected chi connectivity index (χ0v) is 19.3. The molecule has 0 unspecified atom stereocenters. The first-order valence-corrected chi connectivity index (χ1v) is 10.9. The van der Waals surface area contributed by atoms with E-state index < -0.39 is 5.69 Å². The van der Waals surface area contributed by atoms with Gasteiger partial charge in [-0.05, 0) is 12.5 Å². The smallest absolute Gasteiger partial charge is 0.332 e. The molecule has 0 radical (unpaired) electrons. The highest BCUT2D eigenvalue weighted by Crippen LogP contribution is 2.23. The molecule has 2 aromatic heterocycles. The lowest BCUT2D eigenvalue weighted by Crippen LogP contribution is -2.50. The summed E-state index contributed by atoms with van der Waals surface area (Å²) in [6.07, 6.45) is 0. The lowest BCUT2D eigenvalue weighted by atomic mass is 10.1. The third kappa shape index (κ3) is 3.72. The Hall–Kier alpha value is -3.36. The fraction of sp³-hybridized carbons (Fsp3) is 0.478. The minimum absolute atomic E-state index is 0.0370. The summed E-state index contributed by atoms with van der Waals surface area (Å²) >= 11 is 0. The molecule has 9 nitrogen and oxygen atoms in total. The van der Waals surface area contributed by atoms with E-state index in [1.165, 1.54) is 11.6 Å². The largest absolute Gasteiger partial charge is 0.339 e. The molecule has 1 aliphatic rings. The number of hydrogen-bond acceptors (Lipinski definition) is 5. The SMILES string of the molecule is Cc1cccc(Cn2c(N3CCN(C(=O)C(C)C)CC3)nc3c2c(=O)n(C)c(=O)n3C)c1. The number of imidazole rings is 1. The van der Waals surface area contributed by atoms with Gasteiger partial charge in [0.25, 0.3) is 5.56 Å². The first-order chi connectivity index (χ1) is 15.2. The van der Waals surface area contributed by atoms with Gasteiger partial charge in [0.15, 0.2) is 11.2 Å². The summed E-state index contributed by atoms with van der Waals surface area (Å²) in [6, 6.07) is 8.13. The monoisotopic (exact) mass is 438 g/mol. The van der Waals surface area contributed by atoms with Gasteiger partial charge in [-0.15, -0.1) is 0 Å². The van der Waals surface area contributed by atoms with Crippen molar-refractivity contribution >= 4 is 23.0 Å². The van der Waals surface area contributed by atoms with Crippen LogP contribution < -0.4 is 16.1 Å². The lowest BCUT2D eigenvalue weighted by Gasteiger charge is -2.36. The average molecular weight is 439 g/mol. The van der Waals surface area contributed by atoms with E-state index in [2.05, 4.69) is 11.0 Å². The van der Waals surface area contributed by atoms with Gasteiger partial charge in [0, 0.05) is 46.2 Å². The van der Waals surface area contributed by atoms with Gasteiger partial charge in [-0.3, -0.25) is 23.3 Å². The molecule has 0 atom stereocenters. The van der Waals surface area contributed by atoms with Gasteiger partial charge >= 0.3 is 5.69 Å². The number of benzene rings is 1. The normalized spacial score (nSPS) is 14.6. The van der Waals surface area contributed by atoms with Crippen LogP contribution in [0.1, 0.15) is 25.0 Å². The topological polar surface area (TPSA) is 85.4 Å². The molecule has 1 aliphatic heterocycles. The predicted molar refractivity (Wildman–Crippen MR) is 124 cm³/mol. The molecule has 1 fully saturated rings. The maximum Gasteiger partial charge on any atom is 0.332 e. The Balaban J connectivity index is 1.81. The molecule has 0 N–H and O–H groups in total. The summed E-state index contributed by atoms with van der Waals surface area (Å²) in [6.45, 7) is 8.74. The Labute approximate surface area is 186 Å². The number of rotatable bonds is 4. The van der Waals surface area contributed by atoms with E-state index in [1.54, 1.807) is 7.05 Å². The number of aryl methyl sites for hydroxylation is 2. The van der Waals surface area contributed by atoms with E-state index >= 15 is 0 Å². The maximum absolute atomic E-state index is 13.1. The first-order valence-electron chi connectivity index (χ1n) is 10.9. The number of anilines is 1. The minimum atomic E-state index is -0.401. The van der Waals surface area contributed by atoms with Crippen LogP contribution in [-0.4, -0.2) is 55.7 Å². The van der Waals surface area contributed by atoms with Gasteiger partial charge in [0.1, 0.15) is 0 Å². The van der Waals surface area contributed by atoms with Crippen molar-refractivity contribution in [2.24, 2.45) is 20.0 Å². The van der Waals surface area contributed by atoms with Gasteiger partial charge < -0.3 is 9.80 Å².